The Morgan fingerprint density at radius 3 is 2.30 bits per heavy atom. The molecule has 0 amide bonds. The molecular weight excluding hydrogens is 425 g/mol. The molecule has 2 aromatic rings. The van der Waals surface area contributed by atoms with Crippen LogP contribution in [0.3, 0.4) is 0 Å². The number of anilines is 1. The Morgan fingerprint density at radius 1 is 1.17 bits per heavy atom. The molecule has 0 fully saturated rings. The number of carbonyl (C=O) groups is 1. The molecule has 0 saturated heterocycles. The molecule has 0 heterocycles. The Kier molecular flexibility index (Phi) is 5.73. The molecule has 0 aromatic heterocycles. The smallest absolute Gasteiger partial charge is 0.265 e. The summed E-state index contributed by atoms with van der Waals surface area (Å²) < 4.78 is 27.5. The SMILES string of the molecule is CC(C(=O)Cl)N(c1ccc(Br)cc1Cl)S(=O)(=O)c1ccccc1. The van der Waals surface area contributed by atoms with E-state index < -0.39 is 21.3 Å². The number of nitrogens with zero attached hydrogens (tertiary/aromatic N) is 1. The number of sulfonamides is 1. The van der Waals surface area contributed by atoms with Gasteiger partial charge >= 0.3 is 0 Å². The summed E-state index contributed by atoms with van der Waals surface area (Å²) in [7, 11) is -4.01. The Hall–Kier alpha value is -1.08. The van der Waals surface area contributed by atoms with E-state index in [2.05, 4.69) is 15.9 Å². The van der Waals surface area contributed by atoms with Gasteiger partial charge in [-0.2, -0.15) is 0 Å². The molecule has 4 nitrogen and oxygen atoms in total. The van der Waals surface area contributed by atoms with E-state index >= 15 is 0 Å². The molecular formula is C15H12BrCl2NO3S. The highest BCUT2D eigenvalue weighted by Crippen LogP contribution is 2.34. The monoisotopic (exact) mass is 435 g/mol. The van der Waals surface area contributed by atoms with Gasteiger partial charge in [-0.25, -0.2) is 8.42 Å². The molecule has 0 spiro atoms. The summed E-state index contributed by atoms with van der Waals surface area (Å²) in [5.74, 6) is 0. The van der Waals surface area contributed by atoms with Gasteiger partial charge in [0.1, 0.15) is 6.04 Å². The van der Waals surface area contributed by atoms with Crippen LogP contribution in [-0.2, 0) is 14.8 Å². The molecule has 0 aliphatic rings. The maximum absolute atomic E-state index is 13.0. The van der Waals surface area contributed by atoms with Crippen molar-refractivity contribution in [3.05, 3.63) is 58.0 Å². The molecule has 2 rings (SSSR count). The Labute approximate surface area is 153 Å². The fraction of sp³-hybridized carbons (Fsp3) is 0.133. The van der Waals surface area contributed by atoms with Crippen molar-refractivity contribution < 1.29 is 13.2 Å². The van der Waals surface area contributed by atoms with Crippen molar-refractivity contribution in [3.8, 4) is 0 Å². The lowest BCUT2D eigenvalue weighted by molar-refractivity contribution is -0.112. The standard InChI is InChI=1S/C15H12BrCl2NO3S/c1-10(15(18)20)19(14-8-7-11(16)9-13(14)17)23(21,22)12-5-3-2-4-6-12/h2-10H,1H3. The van der Waals surface area contributed by atoms with Crippen molar-refractivity contribution in [2.75, 3.05) is 4.31 Å². The lowest BCUT2D eigenvalue weighted by Crippen LogP contribution is -2.42. The van der Waals surface area contributed by atoms with Gasteiger partial charge in [0.05, 0.1) is 15.6 Å². The number of hydrogen-bond donors (Lipinski definition) is 0. The van der Waals surface area contributed by atoms with E-state index in [9.17, 15) is 13.2 Å². The molecule has 1 unspecified atom stereocenters. The van der Waals surface area contributed by atoms with E-state index in [4.69, 9.17) is 23.2 Å². The summed E-state index contributed by atoms with van der Waals surface area (Å²) in [5.41, 5.74) is 0.181. The molecule has 1 atom stereocenters. The van der Waals surface area contributed by atoms with E-state index in [0.717, 1.165) is 4.31 Å². The van der Waals surface area contributed by atoms with Crippen LogP contribution in [-0.4, -0.2) is 19.7 Å². The van der Waals surface area contributed by atoms with Crippen LogP contribution in [0.2, 0.25) is 5.02 Å². The third-order valence-corrected chi connectivity index (χ3v) is 6.14. The van der Waals surface area contributed by atoms with E-state index in [0.29, 0.717) is 4.47 Å². The van der Waals surface area contributed by atoms with Crippen LogP contribution in [0.25, 0.3) is 0 Å². The normalized spacial score (nSPS) is 12.7. The van der Waals surface area contributed by atoms with E-state index in [-0.39, 0.29) is 15.6 Å². The fourth-order valence-electron chi connectivity index (χ4n) is 2.00. The lowest BCUT2D eigenvalue weighted by atomic mass is 10.3. The zero-order valence-electron chi connectivity index (χ0n) is 11.9. The highest BCUT2D eigenvalue weighted by atomic mass is 79.9. The Bertz CT molecular complexity index is 828. The summed E-state index contributed by atoms with van der Waals surface area (Å²) in [5, 5.41) is -0.618. The number of benzene rings is 2. The summed E-state index contributed by atoms with van der Waals surface area (Å²) in [6.07, 6.45) is 0. The number of rotatable bonds is 5. The van der Waals surface area contributed by atoms with Gasteiger partial charge in [-0.3, -0.25) is 9.10 Å². The van der Waals surface area contributed by atoms with Crippen molar-refractivity contribution in [3.63, 3.8) is 0 Å². The van der Waals surface area contributed by atoms with Crippen LogP contribution in [0, 0.1) is 0 Å². The Balaban J connectivity index is 2.66. The summed E-state index contributed by atoms with van der Waals surface area (Å²) in [4.78, 5) is 11.7. The molecule has 122 valence electrons. The second-order valence-electron chi connectivity index (χ2n) is 4.69. The van der Waals surface area contributed by atoms with Crippen molar-refractivity contribution >= 4 is 60.1 Å². The van der Waals surface area contributed by atoms with Gasteiger partial charge in [-0.05, 0) is 48.9 Å². The van der Waals surface area contributed by atoms with Gasteiger partial charge in [0, 0.05) is 4.47 Å². The molecule has 0 aliphatic carbocycles. The topological polar surface area (TPSA) is 54.5 Å². The maximum Gasteiger partial charge on any atom is 0.265 e. The first-order valence-corrected chi connectivity index (χ1v) is 9.48. The van der Waals surface area contributed by atoms with E-state index in [1.54, 1.807) is 30.3 Å². The number of hydrogen-bond acceptors (Lipinski definition) is 3. The van der Waals surface area contributed by atoms with Gasteiger partial charge < -0.3 is 0 Å². The zero-order valence-corrected chi connectivity index (χ0v) is 15.8. The third-order valence-electron chi connectivity index (χ3n) is 3.13. The summed E-state index contributed by atoms with van der Waals surface area (Å²) in [6.45, 7) is 1.41. The first kappa shape index (κ1) is 18.3. The summed E-state index contributed by atoms with van der Waals surface area (Å²) in [6, 6.07) is 11.4. The van der Waals surface area contributed by atoms with Crippen LogP contribution in [0.5, 0.6) is 0 Å². The molecule has 2 aromatic carbocycles. The highest BCUT2D eigenvalue weighted by molar-refractivity contribution is 9.10. The molecule has 0 aliphatic heterocycles. The van der Waals surface area contributed by atoms with Crippen molar-refractivity contribution in [2.45, 2.75) is 17.9 Å². The van der Waals surface area contributed by atoms with Crippen molar-refractivity contribution in [1.29, 1.82) is 0 Å². The van der Waals surface area contributed by atoms with Gasteiger partial charge in [0.15, 0.2) is 0 Å². The van der Waals surface area contributed by atoms with Crippen LogP contribution in [0.1, 0.15) is 6.92 Å². The molecule has 23 heavy (non-hydrogen) atoms. The fourth-order valence-corrected chi connectivity index (χ4v) is 4.63. The van der Waals surface area contributed by atoms with Crippen LogP contribution >= 0.6 is 39.1 Å². The third kappa shape index (κ3) is 3.88. The zero-order chi connectivity index (χ0) is 17.2. The van der Waals surface area contributed by atoms with E-state index in [1.165, 1.54) is 25.1 Å². The predicted molar refractivity (Wildman–Crippen MR) is 95.6 cm³/mol. The first-order valence-electron chi connectivity index (χ1n) is 6.49. The Morgan fingerprint density at radius 2 is 1.78 bits per heavy atom. The van der Waals surface area contributed by atoms with Crippen LogP contribution in [0.4, 0.5) is 5.69 Å². The molecule has 8 heteroatoms. The summed E-state index contributed by atoms with van der Waals surface area (Å²) >= 11 is 15.0. The number of carbonyl (C=O) groups excluding carboxylic acids is 1. The largest absolute Gasteiger partial charge is 0.279 e. The molecule has 0 radical (unpaired) electrons. The second kappa shape index (κ2) is 7.21. The lowest BCUT2D eigenvalue weighted by Gasteiger charge is -2.29. The van der Waals surface area contributed by atoms with Crippen molar-refractivity contribution in [2.24, 2.45) is 0 Å². The average molecular weight is 437 g/mol. The molecule has 0 bridgehead atoms. The first-order chi connectivity index (χ1) is 10.7. The van der Waals surface area contributed by atoms with Gasteiger partial charge in [-0.1, -0.05) is 45.7 Å². The van der Waals surface area contributed by atoms with Crippen molar-refractivity contribution in [1.82, 2.24) is 0 Å². The van der Waals surface area contributed by atoms with Crippen LogP contribution < -0.4 is 4.31 Å². The average Bonchev–Trinajstić information content (AvgIpc) is 2.50. The van der Waals surface area contributed by atoms with Gasteiger partial charge in [0.2, 0.25) is 5.24 Å². The van der Waals surface area contributed by atoms with E-state index in [1.807, 2.05) is 0 Å². The highest BCUT2D eigenvalue weighted by Gasteiger charge is 2.33. The maximum atomic E-state index is 13.0. The predicted octanol–water partition coefficient (Wildman–Crippen LogP) is 4.45. The number of halogens is 3. The van der Waals surface area contributed by atoms with Gasteiger partial charge in [-0.15, -0.1) is 0 Å². The minimum atomic E-state index is -4.01. The van der Waals surface area contributed by atoms with Gasteiger partial charge in [0.25, 0.3) is 10.0 Å². The molecule has 0 saturated carbocycles. The minimum absolute atomic E-state index is 0.0451. The molecule has 0 N–H and O–H groups in total. The van der Waals surface area contributed by atoms with Crippen LogP contribution in [0.15, 0.2) is 57.9 Å². The quantitative estimate of drug-likeness (QED) is 0.650. The second-order valence-corrected chi connectivity index (χ2v) is 8.20. The minimum Gasteiger partial charge on any atom is -0.279 e.